The van der Waals surface area contributed by atoms with E-state index in [1.165, 1.54) is 0 Å². The van der Waals surface area contributed by atoms with Crippen LogP contribution in [0.15, 0.2) is 52.7 Å². The number of para-hydroxylation sites is 2. The number of benzene rings is 2. The fraction of sp³-hybridized carbons (Fsp3) is 0.286. The molecule has 28 heavy (non-hydrogen) atoms. The lowest BCUT2D eigenvalue weighted by molar-refractivity contribution is 0.342. The van der Waals surface area contributed by atoms with Crippen molar-refractivity contribution in [1.29, 1.82) is 0 Å². The highest BCUT2D eigenvalue weighted by atomic mass is 32.2. The molecule has 0 unspecified atom stereocenters. The van der Waals surface area contributed by atoms with Gasteiger partial charge in [0.2, 0.25) is 0 Å². The Labute approximate surface area is 170 Å². The van der Waals surface area contributed by atoms with E-state index >= 15 is 0 Å². The van der Waals surface area contributed by atoms with Gasteiger partial charge in [0.15, 0.2) is 0 Å². The number of thiazole rings is 1. The summed E-state index contributed by atoms with van der Waals surface area (Å²) < 4.78 is 34.8. The smallest absolute Gasteiger partial charge is 0.262 e. The molecule has 0 saturated heterocycles. The van der Waals surface area contributed by atoms with E-state index in [9.17, 15) is 8.42 Å². The van der Waals surface area contributed by atoms with Crippen molar-refractivity contribution < 1.29 is 13.2 Å². The molecule has 0 fully saturated rings. The van der Waals surface area contributed by atoms with Gasteiger partial charge in [0.25, 0.3) is 10.0 Å². The van der Waals surface area contributed by atoms with E-state index in [2.05, 4.69) is 9.71 Å². The SMILES string of the molecule is CCOc1ccccc1NS(=O)(=O)c1cc(-c2csc(C)n2)ccc1C(C)C. The first-order valence-electron chi connectivity index (χ1n) is 9.13. The van der Waals surface area contributed by atoms with Crippen LogP contribution >= 0.6 is 11.3 Å². The molecule has 1 aromatic heterocycles. The number of hydrogen-bond acceptors (Lipinski definition) is 5. The summed E-state index contributed by atoms with van der Waals surface area (Å²) in [5, 5.41) is 2.88. The van der Waals surface area contributed by atoms with Gasteiger partial charge >= 0.3 is 0 Å². The minimum Gasteiger partial charge on any atom is -0.492 e. The van der Waals surface area contributed by atoms with Crippen LogP contribution in [0.2, 0.25) is 0 Å². The number of rotatable bonds is 7. The molecule has 3 rings (SSSR count). The van der Waals surface area contributed by atoms with Crippen molar-refractivity contribution >= 4 is 27.0 Å². The topological polar surface area (TPSA) is 68.3 Å². The molecule has 0 amide bonds. The molecular weight excluding hydrogens is 392 g/mol. The summed E-state index contributed by atoms with van der Waals surface area (Å²) in [4.78, 5) is 4.75. The molecule has 0 saturated carbocycles. The van der Waals surface area contributed by atoms with E-state index in [1.54, 1.807) is 35.6 Å². The summed E-state index contributed by atoms with van der Waals surface area (Å²) in [6.45, 7) is 8.21. The van der Waals surface area contributed by atoms with Crippen molar-refractivity contribution in [1.82, 2.24) is 4.98 Å². The van der Waals surface area contributed by atoms with E-state index in [-0.39, 0.29) is 10.8 Å². The number of sulfonamides is 1. The average molecular weight is 417 g/mol. The van der Waals surface area contributed by atoms with Crippen molar-refractivity contribution in [2.45, 2.75) is 38.5 Å². The summed E-state index contributed by atoms with van der Waals surface area (Å²) in [7, 11) is -3.81. The number of nitrogens with zero attached hydrogens (tertiary/aromatic N) is 1. The van der Waals surface area contributed by atoms with E-state index in [4.69, 9.17) is 4.74 Å². The Morgan fingerprint density at radius 2 is 1.93 bits per heavy atom. The van der Waals surface area contributed by atoms with Gasteiger partial charge in [-0.1, -0.05) is 38.1 Å². The third-order valence-corrected chi connectivity index (χ3v) is 6.47. The van der Waals surface area contributed by atoms with Crippen molar-refractivity contribution in [2.24, 2.45) is 0 Å². The lowest BCUT2D eigenvalue weighted by atomic mass is 10.0. The Kier molecular flexibility index (Phi) is 6.05. The highest BCUT2D eigenvalue weighted by Crippen LogP contribution is 2.33. The molecule has 3 aromatic rings. The van der Waals surface area contributed by atoms with Gasteiger partial charge in [-0.25, -0.2) is 13.4 Å². The van der Waals surface area contributed by atoms with Crippen molar-refractivity contribution in [3.8, 4) is 17.0 Å². The van der Waals surface area contributed by atoms with Gasteiger partial charge in [-0.3, -0.25) is 4.72 Å². The molecule has 0 aliphatic carbocycles. The number of hydrogen-bond donors (Lipinski definition) is 1. The van der Waals surface area contributed by atoms with E-state index < -0.39 is 10.0 Å². The van der Waals surface area contributed by atoms with Gasteiger partial charge in [-0.2, -0.15) is 0 Å². The second-order valence-electron chi connectivity index (χ2n) is 6.69. The third kappa shape index (κ3) is 4.36. The quantitative estimate of drug-likeness (QED) is 0.557. The Morgan fingerprint density at radius 3 is 2.57 bits per heavy atom. The molecule has 5 nitrogen and oxygen atoms in total. The minimum atomic E-state index is -3.81. The second kappa shape index (κ2) is 8.32. The number of ether oxygens (including phenoxy) is 1. The van der Waals surface area contributed by atoms with Crippen LogP contribution in [-0.2, 0) is 10.0 Å². The standard InChI is InChI=1S/C21H24N2O3S2/c1-5-26-20-9-7-6-8-18(20)23-28(24,25)21-12-16(10-11-17(21)14(2)3)19-13-27-15(4)22-19/h6-14,23H,5H2,1-4H3. The number of aromatic nitrogens is 1. The maximum Gasteiger partial charge on any atom is 0.262 e. The molecule has 148 valence electrons. The molecule has 0 atom stereocenters. The third-order valence-electron chi connectivity index (χ3n) is 4.27. The summed E-state index contributed by atoms with van der Waals surface area (Å²) in [5.74, 6) is 0.561. The maximum atomic E-state index is 13.3. The van der Waals surface area contributed by atoms with Crippen LogP contribution in [0.5, 0.6) is 5.75 Å². The Morgan fingerprint density at radius 1 is 1.18 bits per heavy atom. The number of anilines is 1. The van der Waals surface area contributed by atoms with Gasteiger partial charge in [-0.15, -0.1) is 11.3 Å². The van der Waals surface area contributed by atoms with E-state index in [0.717, 1.165) is 21.8 Å². The average Bonchev–Trinajstić information content (AvgIpc) is 3.09. The summed E-state index contributed by atoms with van der Waals surface area (Å²) in [5.41, 5.74) is 2.75. The van der Waals surface area contributed by atoms with Crippen molar-refractivity contribution in [3.63, 3.8) is 0 Å². The normalized spacial score (nSPS) is 11.6. The van der Waals surface area contributed by atoms with Crippen LogP contribution in [0.3, 0.4) is 0 Å². The van der Waals surface area contributed by atoms with Crippen LogP contribution in [0.4, 0.5) is 5.69 Å². The first kappa shape index (κ1) is 20.4. The van der Waals surface area contributed by atoms with Gasteiger partial charge in [0, 0.05) is 10.9 Å². The first-order chi connectivity index (χ1) is 13.3. The maximum absolute atomic E-state index is 13.3. The molecule has 0 spiro atoms. The molecule has 7 heteroatoms. The van der Waals surface area contributed by atoms with Crippen LogP contribution in [-0.4, -0.2) is 20.0 Å². The molecular formula is C21H24N2O3S2. The molecule has 1 N–H and O–H groups in total. The fourth-order valence-corrected chi connectivity index (χ4v) is 5.02. The van der Waals surface area contributed by atoms with Crippen molar-refractivity contribution in [2.75, 3.05) is 11.3 Å². The number of nitrogens with one attached hydrogen (secondary N) is 1. The predicted octanol–water partition coefficient (Wildman–Crippen LogP) is 5.44. The zero-order valence-corrected chi connectivity index (χ0v) is 18.0. The van der Waals surface area contributed by atoms with Crippen LogP contribution < -0.4 is 9.46 Å². The summed E-state index contributed by atoms with van der Waals surface area (Å²) >= 11 is 1.54. The lowest BCUT2D eigenvalue weighted by Gasteiger charge is -2.17. The first-order valence-corrected chi connectivity index (χ1v) is 11.5. The molecule has 0 bridgehead atoms. The van der Waals surface area contributed by atoms with Gasteiger partial charge in [0.1, 0.15) is 5.75 Å². The van der Waals surface area contributed by atoms with Crippen LogP contribution in [0.25, 0.3) is 11.3 Å². The predicted molar refractivity (Wildman–Crippen MR) is 115 cm³/mol. The highest BCUT2D eigenvalue weighted by molar-refractivity contribution is 7.92. The Hall–Kier alpha value is -2.38. The molecule has 0 aliphatic heterocycles. The van der Waals surface area contributed by atoms with Gasteiger partial charge in [-0.05, 0) is 43.5 Å². The zero-order valence-electron chi connectivity index (χ0n) is 16.4. The molecule has 1 heterocycles. The van der Waals surface area contributed by atoms with Gasteiger partial charge in [0.05, 0.1) is 27.9 Å². The zero-order chi connectivity index (χ0) is 20.3. The second-order valence-corrected chi connectivity index (χ2v) is 9.41. The lowest BCUT2D eigenvalue weighted by Crippen LogP contribution is -2.16. The number of aryl methyl sites for hydroxylation is 1. The highest BCUT2D eigenvalue weighted by Gasteiger charge is 2.23. The molecule has 0 radical (unpaired) electrons. The van der Waals surface area contributed by atoms with Crippen LogP contribution in [0, 0.1) is 6.92 Å². The van der Waals surface area contributed by atoms with Crippen LogP contribution in [0.1, 0.15) is 37.3 Å². The van der Waals surface area contributed by atoms with E-state index in [0.29, 0.717) is 18.0 Å². The van der Waals surface area contributed by atoms with Crippen molar-refractivity contribution in [3.05, 3.63) is 58.4 Å². The summed E-state index contributed by atoms with van der Waals surface area (Å²) in [6, 6.07) is 12.5. The van der Waals surface area contributed by atoms with E-state index in [1.807, 2.05) is 51.3 Å². The Balaban J connectivity index is 2.07. The monoisotopic (exact) mass is 416 g/mol. The summed E-state index contributed by atoms with van der Waals surface area (Å²) in [6.07, 6.45) is 0. The Bertz CT molecular complexity index is 1070. The molecule has 0 aliphatic rings. The van der Waals surface area contributed by atoms with Gasteiger partial charge < -0.3 is 4.74 Å². The fourth-order valence-electron chi connectivity index (χ4n) is 2.93. The minimum absolute atomic E-state index is 0.0555. The molecule has 2 aromatic carbocycles. The largest absolute Gasteiger partial charge is 0.492 e.